The Balaban J connectivity index is 1.73. The molecule has 0 atom stereocenters. The summed E-state index contributed by atoms with van der Waals surface area (Å²) in [7, 11) is 0. The Morgan fingerprint density at radius 3 is 2.62 bits per heavy atom. The topological polar surface area (TPSA) is 51.8 Å². The van der Waals surface area contributed by atoms with Gasteiger partial charge in [-0.25, -0.2) is 4.98 Å². The number of para-hydroxylation sites is 1. The van der Waals surface area contributed by atoms with Crippen LogP contribution < -0.4 is 0 Å². The molecule has 0 fully saturated rings. The number of aromatic nitrogens is 3. The van der Waals surface area contributed by atoms with Gasteiger partial charge in [-0.2, -0.15) is 4.98 Å². The van der Waals surface area contributed by atoms with Crippen molar-refractivity contribution in [3.8, 4) is 0 Å². The summed E-state index contributed by atoms with van der Waals surface area (Å²) < 4.78 is 5.29. The molecule has 0 aliphatic rings. The van der Waals surface area contributed by atoms with Gasteiger partial charge in [-0.15, -0.1) is 0 Å². The smallest absolute Gasteiger partial charge is 0.237 e. The van der Waals surface area contributed by atoms with Gasteiger partial charge in [0, 0.05) is 10.8 Å². The summed E-state index contributed by atoms with van der Waals surface area (Å²) in [5, 5.41) is 6.14. The first-order valence-corrected chi connectivity index (χ1v) is 7.82. The summed E-state index contributed by atoms with van der Waals surface area (Å²) in [5.41, 5.74) is 0.913. The third-order valence-corrected chi connectivity index (χ3v) is 3.97. The highest BCUT2D eigenvalue weighted by molar-refractivity contribution is 7.98. The van der Waals surface area contributed by atoms with Gasteiger partial charge in [0.2, 0.25) is 5.89 Å². The minimum atomic E-state index is -0.0897. The molecule has 2 aromatic heterocycles. The molecule has 1 aromatic carbocycles. The van der Waals surface area contributed by atoms with Gasteiger partial charge < -0.3 is 4.52 Å². The average Bonchev–Trinajstić information content (AvgIpc) is 2.94. The van der Waals surface area contributed by atoms with E-state index in [1.54, 1.807) is 11.8 Å². The Kier molecular flexibility index (Phi) is 3.68. The summed E-state index contributed by atoms with van der Waals surface area (Å²) >= 11 is 1.60. The normalized spacial score (nSPS) is 12.0. The van der Waals surface area contributed by atoms with Crippen LogP contribution >= 0.6 is 11.8 Å². The van der Waals surface area contributed by atoms with Crippen LogP contribution in [0.5, 0.6) is 0 Å². The summed E-state index contributed by atoms with van der Waals surface area (Å²) in [6, 6.07) is 12.2. The summed E-state index contributed by atoms with van der Waals surface area (Å²) in [6.45, 7) is 6.21. The maximum absolute atomic E-state index is 5.29. The Hall–Kier alpha value is -1.88. The van der Waals surface area contributed by atoms with E-state index < -0.39 is 0 Å². The Bertz CT molecular complexity index is 761. The van der Waals surface area contributed by atoms with Crippen LogP contribution in [0, 0.1) is 0 Å². The van der Waals surface area contributed by atoms with Crippen molar-refractivity contribution >= 4 is 22.7 Å². The van der Waals surface area contributed by atoms with E-state index in [0.29, 0.717) is 11.6 Å². The lowest BCUT2D eigenvalue weighted by Crippen LogP contribution is -2.13. The van der Waals surface area contributed by atoms with E-state index in [1.165, 1.54) is 0 Å². The first-order chi connectivity index (χ1) is 10.0. The molecule has 0 N–H and O–H groups in total. The van der Waals surface area contributed by atoms with Crippen molar-refractivity contribution in [3.63, 3.8) is 0 Å². The minimum absolute atomic E-state index is 0.0897. The number of benzene rings is 1. The van der Waals surface area contributed by atoms with E-state index >= 15 is 0 Å². The van der Waals surface area contributed by atoms with Crippen molar-refractivity contribution in [1.29, 1.82) is 0 Å². The van der Waals surface area contributed by atoms with Crippen LogP contribution in [0.2, 0.25) is 0 Å². The van der Waals surface area contributed by atoms with E-state index in [0.717, 1.165) is 21.8 Å². The molecule has 4 nitrogen and oxygen atoms in total. The number of nitrogens with zero attached hydrogens (tertiary/aromatic N) is 3. The van der Waals surface area contributed by atoms with Crippen LogP contribution in [0.3, 0.4) is 0 Å². The van der Waals surface area contributed by atoms with Crippen molar-refractivity contribution in [2.24, 2.45) is 0 Å². The standard InChI is InChI=1S/C16H17N3OS/c1-16(2,3)15-18-13(20-19-15)10-21-14-9-8-11-6-4-5-7-12(11)17-14/h4-9H,10H2,1-3H3. The molecule has 0 aliphatic carbocycles. The third kappa shape index (κ3) is 3.24. The van der Waals surface area contributed by atoms with Crippen molar-refractivity contribution in [3.05, 3.63) is 48.1 Å². The van der Waals surface area contributed by atoms with Crippen LogP contribution in [-0.2, 0) is 11.2 Å². The van der Waals surface area contributed by atoms with E-state index in [1.807, 2.05) is 24.3 Å². The lowest BCUT2D eigenvalue weighted by molar-refractivity contribution is 0.373. The first kappa shape index (κ1) is 14.1. The molecule has 108 valence electrons. The van der Waals surface area contributed by atoms with Gasteiger partial charge in [-0.1, -0.05) is 62.0 Å². The molecule has 0 saturated carbocycles. The molecule has 2 heterocycles. The Morgan fingerprint density at radius 1 is 1.05 bits per heavy atom. The first-order valence-electron chi connectivity index (χ1n) is 6.84. The number of pyridine rings is 1. The van der Waals surface area contributed by atoms with Gasteiger partial charge >= 0.3 is 0 Å². The second-order valence-corrected chi connectivity index (χ2v) is 6.89. The Morgan fingerprint density at radius 2 is 1.86 bits per heavy atom. The van der Waals surface area contributed by atoms with E-state index in [9.17, 15) is 0 Å². The fraction of sp³-hybridized carbons (Fsp3) is 0.312. The predicted octanol–water partition coefficient (Wildman–Crippen LogP) is 4.21. The highest BCUT2D eigenvalue weighted by Crippen LogP contribution is 2.24. The molecule has 0 bridgehead atoms. The third-order valence-electron chi connectivity index (χ3n) is 3.06. The van der Waals surface area contributed by atoms with Gasteiger partial charge in [-0.05, 0) is 12.1 Å². The number of rotatable bonds is 3. The second-order valence-electron chi connectivity index (χ2n) is 5.89. The van der Waals surface area contributed by atoms with Crippen LogP contribution in [-0.4, -0.2) is 15.1 Å². The zero-order chi connectivity index (χ0) is 14.9. The number of fused-ring (bicyclic) bond motifs is 1. The van der Waals surface area contributed by atoms with Crippen molar-refractivity contribution in [2.45, 2.75) is 37.0 Å². The molecular formula is C16H17N3OS. The molecule has 0 aliphatic heterocycles. The molecule has 3 aromatic rings. The summed E-state index contributed by atoms with van der Waals surface area (Å²) in [4.78, 5) is 9.05. The highest BCUT2D eigenvalue weighted by Gasteiger charge is 2.20. The van der Waals surface area contributed by atoms with E-state index in [4.69, 9.17) is 4.52 Å². The molecule has 0 amide bonds. The zero-order valence-corrected chi connectivity index (χ0v) is 13.1. The maximum atomic E-state index is 5.29. The average molecular weight is 299 g/mol. The quantitative estimate of drug-likeness (QED) is 0.678. The van der Waals surface area contributed by atoms with Crippen molar-refractivity contribution < 1.29 is 4.52 Å². The maximum Gasteiger partial charge on any atom is 0.237 e. The lowest BCUT2D eigenvalue weighted by Gasteiger charge is -2.10. The lowest BCUT2D eigenvalue weighted by atomic mass is 9.96. The number of thioether (sulfide) groups is 1. The molecule has 3 rings (SSSR count). The highest BCUT2D eigenvalue weighted by atomic mass is 32.2. The van der Waals surface area contributed by atoms with Gasteiger partial charge in [0.1, 0.15) is 0 Å². The SMILES string of the molecule is CC(C)(C)c1noc(CSc2ccc3ccccc3n2)n1. The van der Waals surface area contributed by atoms with E-state index in [-0.39, 0.29) is 5.41 Å². The van der Waals surface area contributed by atoms with E-state index in [2.05, 4.69) is 48.0 Å². The second kappa shape index (κ2) is 5.48. The molecule has 0 radical (unpaired) electrons. The molecule has 5 heteroatoms. The summed E-state index contributed by atoms with van der Waals surface area (Å²) in [5.74, 6) is 2.01. The molecule has 0 saturated heterocycles. The molecule has 21 heavy (non-hydrogen) atoms. The van der Waals surface area contributed by atoms with Crippen LogP contribution in [0.1, 0.15) is 32.5 Å². The van der Waals surface area contributed by atoms with Crippen LogP contribution in [0.25, 0.3) is 10.9 Å². The van der Waals surface area contributed by atoms with Crippen molar-refractivity contribution in [1.82, 2.24) is 15.1 Å². The molecule has 0 unspecified atom stereocenters. The monoisotopic (exact) mass is 299 g/mol. The number of hydrogen-bond donors (Lipinski definition) is 0. The summed E-state index contributed by atoms with van der Waals surface area (Å²) in [6.07, 6.45) is 0. The van der Waals surface area contributed by atoms with Crippen molar-refractivity contribution in [2.75, 3.05) is 0 Å². The van der Waals surface area contributed by atoms with Crippen LogP contribution in [0.15, 0.2) is 45.9 Å². The van der Waals surface area contributed by atoms with Crippen LogP contribution in [0.4, 0.5) is 0 Å². The Labute approximate surface area is 128 Å². The fourth-order valence-electron chi connectivity index (χ4n) is 1.88. The molecule has 0 spiro atoms. The minimum Gasteiger partial charge on any atom is -0.338 e. The van der Waals surface area contributed by atoms with Gasteiger partial charge in [0.25, 0.3) is 0 Å². The predicted molar refractivity (Wildman–Crippen MR) is 84.3 cm³/mol. The number of hydrogen-bond acceptors (Lipinski definition) is 5. The van der Waals surface area contributed by atoms with Gasteiger partial charge in [0.05, 0.1) is 16.3 Å². The fourth-order valence-corrected chi connectivity index (χ4v) is 2.60. The van der Waals surface area contributed by atoms with Gasteiger partial charge in [0.15, 0.2) is 5.82 Å². The zero-order valence-electron chi connectivity index (χ0n) is 12.3. The molecular weight excluding hydrogens is 282 g/mol. The van der Waals surface area contributed by atoms with Gasteiger partial charge in [-0.3, -0.25) is 0 Å². The largest absolute Gasteiger partial charge is 0.338 e.